The van der Waals surface area contributed by atoms with Crippen LogP contribution in [0.3, 0.4) is 0 Å². The standard InChI is InChI=1S/C35H39N5O5S/c1-22(41)19-38-35(2,3)18-30(42)39-32-33(43)40(29-17-16-24-8-4-7-11-28(24)31(29)46(32)45)21-23-12-14-25(15-13-23)27-10-6-5-9-26(27)20-37-34(36)44/h4-17,22,32,38,41H,18-21H2,1-3H3,(H,39,42)(H3,36,37,44)/t22-,32?,46?/m1/s1. The van der Waals surface area contributed by atoms with Crippen LogP contribution >= 0.6 is 0 Å². The van der Waals surface area contributed by atoms with Crippen molar-refractivity contribution >= 4 is 45.1 Å². The summed E-state index contributed by atoms with van der Waals surface area (Å²) in [6, 6.07) is 26.1. The summed E-state index contributed by atoms with van der Waals surface area (Å²) in [5.74, 6) is -0.886. The molecule has 0 fully saturated rings. The molecule has 46 heavy (non-hydrogen) atoms. The second-order valence-corrected chi connectivity index (χ2v) is 13.6. The SMILES string of the molecule is C[C@@H](O)CNC(C)(C)CC(=O)NC1C(=O)N(Cc2ccc(-c3ccccc3CNC(N)=O)cc2)c2ccc3ccccc3c2S1=O. The highest BCUT2D eigenvalue weighted by atomic mass is 32.2. The highest BCUT2D eigenvalue weighted by Gasteiger charge is 2.41. The van der Waals surface area contributed by atoms with Crippen LogP contribution in [-0.4, -0.2) is 50.7 Å². The molecule has 6 N–H and O–H groups in total. The molecule has 0 spiro atoms. The first-order chi connectivity index (χ1) is 21.9. The lowest BCUT2D eigenvalue weighted by molar-refractivity contribution is -0.126. The minimum absolute atomic E-state index is 0.0149. The second kappa shape index (κ2) is 13.8. The summed E-state index contributed by atoms with van der Waals surface area (Å²) in [7, 11) is -1.86. The molecule has 5 rings (SSSR count). The lowest BCUT2D eigenvalue weighted by atomic mass is 9.98. The van der Waals surface area contributed by atoms with Crippen LogP contribution in [0, 0.1) is 0 Å². The number of nitrogens with one attached hydrogen (secondary N) is 3. The smallest absolute Gasteiger partial charge is 0.312 e. The van der Waals surface area contributed by atoms with Gasteiger partial charge in [0.05, 0.1) is 34.0 Å². The van der Waals surface area contributed by atoms with Crippen molar-refractivity contribution in [3.8, 4) is 11.1 Å². The topological polar surface area (TPSA) is 154 Å². The fraction of sp³-hybridized carbons (Fsp3) is 0.286. The number of hydrogen-bond donors (Lipinski definition) is 5. The molecular weight excluding hydrogens is 602 g/mol. The lowest BCUT2D eigenvalue weighted by Gasteiger charge is -2.35. The summed E-state index contributed by atoms with van der Waals surface area (Å²) in [6.07, 6.45) is -0.572. The van der Waals surface area contributed by atoms with Crippen LogP contribution in [-0.2, 0) is 33.5 Å². The van der Waals surface area contributed by atoms with Gasteiger partial charge >= 0.3 is 6.03 Å². The summed E-state index contributed by atoms with van der Waals surface area (Å²) in [5.41, 5.74) is 8.77. The van der Waals surface area contributed by atoms with Crippen molar-refractivity contribution in [3.05, 3.63) is 96.1 Å². The Hall–Kier alpha value is -4.58. The van der Waals surface area contributed by atoms with Crippen LogP contribution < -0.4 is 26.6 Å². The van der Waals surface area contributed by atoms with Crippen LogP contribution in [0.25, 0.3) is 21.9 Å². The van der Waals surface area contributed by atoms with Crippen molar-refractivity contribution in [2.24, 2.45) is 5.73 Å². The number of anilines is 1. The normalized spacial score (nSPS) is 17.0. The van der Waals surface area contributed by atoms with E-state index in [0.717, 1.165) is 33.0 Å². The summed E-state index contributed by atoms with van der Waals surface area (Å²) in [5, 5.41) is 18.6. The molecule has 10 nitrogen and oxygen atoms in total. The van der Waals surface area contributed by atoms with E-state index in [1.165, 1.54) is 0 Å². The number of β-amino-alcohol motifs (C(OH)–C–C–N with tert-alkyl or cyclic N) is 1. The van der Waals surface area contributed by atoms with Gasteiger partial charge in [0.25, 0.3) is 5.91 Å². The number of carbonyl (C=O) groups is 3. The van der Waals surface area contributed by atoms with Gasteiger partial charge in [-0.2, -0.15) is 0 Å². The number of urea groups is 1. The number of benzene rings is 4. The first-order valence-corrected chi connectivity index (χ1v) is 16.3. The van der Waals surface area contributed by atoms with E-state index in [0.29, 0.717) is 23.7 Å². The Morgan fingerprint density at radius 3 is 2.41 bits per heavy atom. The summed E-state index contributed by atoms with van der Waals surface area (Å²) < 4.78 is 14.1. The monoisotopic (exact) mass is 641 g/mol. The molecule has 1 aliphatic rings. The van der Waals surface area contributed by atoms with E-state index < -0.39 is 45.7 Å². The van der Waals surface area contributed by atoms with Gasteiger partial charge in [-0.1, -0.05) is 78.9 Å². The maximum atomic E-state index is 14.1. The number of nitrogens with two attached hydrogens (primary N) is 1. The number of primary amides is 1. The number of hydrogen-bond acceptors (Lipinski definition) is 6. The molecular formula is C35H39N5O5S. The third kappa shape index (κ3) is 7.44. The number of carbonyl (C=O) groups excluding carboxylic acids is 3. The van der Waals surface area contributed by atoms with Gasteiger partial charge in [-0.3, -0.25) is 13.8 Å². The highest BCUT2D eigenvalue weighted by Crippen LogP contribution is 2.38. The molecule has 4 amide bonds. The Balaban J connectivity index is 1.44. The fourth-order valence-corrected chi connectivity index (χ4v) is 7.17. The molecule has 0 aromatic heterocycles. The third-order valence-corrected chi connectivity index (χ3v) is 9.48. The van der Waals surface area contributed by atoms with E-state index >= 15 is 0 Å². The van der Waals surface area contributed by atoms with Gasteiger partial charge in [0.2, 0.25) is 5.91 Å². The molecule has 1 aliphatic heterocycles. The predicted molar refractivity (Wildman–Crippen MR) is 180 cm³/mol. The maximum Gasteiger partial charge on any atom is 0.312 e. The first kappa shape index (κ1) is 32.8. The number of fused-ring (bicyclic) bond motifs is 3. The zero-order valence-corrected chi connectivity index (χ0v) is 26.9. The zero-order valence-electron chi connectivity index (χ0n) is 26.1. The van der Waals surface area contributed by atoms with Gasteiger partial charge < -0.3 is 31.7 Å². The molecule has 0 bridgehead atoms. The summed E-state index contributed by atoms with van der Waals surface area (Å²) in [4.78, 5) is 40.6. The molecule has 3 atom stereocenters. The van der Waals surface area contributed by atoms with E-state index in [1.807, 2.05) is 98.8 Å². The maximum absolute atomic E-state index is 14.1. The number of amides is 4. The lowest BCUT2D eigenvalue weighted by Crippen LogP contribution is -2.55. The average molecular weight is 642 g/mol. The van der Waals surface area contributed by atoms with Gasteiger partial charge in [-0.25, -0.2) is 4.79 Å². The first-order valence-electron chi connectivity index (χ1n) is 15.1. The quantitative estimate of drug-likeness (QED) is 0.167. The number of rotatable bonds is 11. The zero-order chi connectivity index (χ0) is 33.0. The van der Waals surface area contributed by atoms with Gasteiger partial charge in [-0.05, 0) is 54.5 Å². The Kier molecular flexibility index (Phi) is 9.85. The average Bonchev–Trinajstić information content (AvgIpc) is 3.03. The Morgan fingerprint density at radius 2 is 1.70 bits per heavy atom. The van der Waals surface area contributed by atoms with Crippen LogP contribution in [0.15, 0.2) is 89.8 Å². The van der Waals surface area contributed by atoms with E-state index in [1.54, 1.807) is 11.8 Å². The van der Waals surface area contributed by atoms with Crippen molar-refractivity contribution in [1.82, 2.24) is 16.0 Å². The molecule has 0 radical (unpaired) electrons. The second-order valence-electron chi connectivity index (χ2n) is 12.2. The van der Waals surface area contributed by atoms with Crippen LogP contribution in [0.2, 0.25) is 0 Å². The van der Waals surface area contributed by atoms with Crippen molar-refractivity contribution in [2.75, 3.05) is 11.4 Å². The van der Waals surface area contributed by atoms with Gasteiger partial charge in [0, 0.05) is 30.4 Å². The molecule has 2 unspecified atom stereocenters. The number of aliphatic hydroxyl groups is 1. The van der Waals surface area contributed by atoms with Gasteiger partial charge in [0.1, 0.15) is 0 Å². The van der Waals surface area contributed by atoms with Gasteiger partial charge in [-0.15, -0.1) is 0 Å². The minimum Gasteiger partial charge on any atom is -0.392 e. The Labute approximate surface area is 270 Å². The van der Waals surface area contributed by atoms with Crippen molar-refractivity contribution < 1.29 is 23.7 Å². The summed E-state index contributed by atoms with van der Waals surface area (Å²) >= 11 is 0. The number of aliphatic hydroxyl groups excluding tert-OH is 1. The molecule has 0 aliphatic carbocycles. The molecule has 4 aromatic carbocycles. The molecule has 240 valence electrons. The molecule has 1 heterocycles. The molecule has 11 heteroatoms. The van der Waals surface area contributed by atoms with E-state index in [4.69, 9.17) is 5.73 Å². The largest absolute Gasteiger partial charge is 0.392 e. The Morgan fingerprint density at radius 1 is 1.00 bits per heavy atom. The number of nitrogens with zero attached hydrogens (tertiary/aromatic N) is 1. The molecule has 4 aromatic rings. The van der Waals surface area contributed by atoms with E-state index in [-0.39, 0.29) is 13.0 Å². The van der Waals surface area contributed by atoms with Gasteiger partial charge in [0.15, 0.2) is 5.37 Å². The minimum atomic E-state index is -1.86. The molecule has 0 saturated carbocycles. The van der Waals surface area contributed by atoms with E-state index in [9.17, 15) is 23.7 Å². The fourth-order valence-electron chi connectivity index (χ4n) is 5.60. The highest BCUT2D eigenvalue weighted by molar-refractivity contribution is 7.87. The van der Waals surface area contributed by atoms with Crippen LogP contribution in [0.4, 0.5) is 10.5 Å². The van der Waals surface area contributed by atoms with Crippen LogP contribution in [0.1, 0.15) is 38.3 Å². The van der Waals surface area contributed by atoms with E-state index in [2.05, 4.69) is 16.0 Å². The van der Waals surface area contributed by atoms with Crippen LogP contribution in [0.5, 0.6) is 0 Å². The predicted octanol–water partition coefficient (Wildman–Crippen LogP) is 3.91. The molecule has 0 saturated heterocycles. The van der Waals surface area contributed by atoms with Crippen molar-refractivity contribution in [1.29, 1.82) is 0 Å². The Bertz CT molecular complexity index is 1790. The third-order valence-electron chi connectivity index (χ3n) is 7.90. The summed E-state index contributed by atoms with van der Waals surface area (Å²) in [6.45, 7) is 6.11. The van der Waals surface area contributed by atoms with Crippen molar-refractivity contribution in [3.63, 3.8) is 0 Å². The van der Waals surface area contributed by atoms with Crippen molar-refractivity contribution in [2.45, 2.75) is 62.2 Å².